The fourth-order valence-electron chi connectivity index (χ4n) is 1.00. The molecule has 0 heterocycles. The summed E-state index contributed by atoms with van der Waals surface area (Å²) >= 11 is 1.54. The number of hydrogen-bond acceptors (Lipinski definition) is 3. The molecule has 16 heavy (non-hydrogen) atoms. The van der Waals surface area contributed by atoms with Gasteiger partial charge in [-0.1, -0.05) is 6.07 Å². The first-order valence-electron chi connectivity index (χ1n) is 4.57. The third kappa shape index (κ3) is 5.39. The molecule has 1 aromatic rings. The lowest BCUT2D eigenvalue weighted by Gasteiger charge is -2.02. The van der Waals surface area contributed by atoms with Crippen molar-refractivity contribution in [1.29, 1.82) is 0 Å². The Kier molecular flexibility index (Phi) is 8.07. The van der Waals surface area contributed by atoms with Crippen molar-refractivity contribution in [3.63, 3.8) is 0 Å². The molecule has 0 unspecified atom stereocenters. The van der Waals surface area contributed by atoms with Gasteiger partial charge in [0.1, 0.15) is 11.6 Å². The fourth-order valence-corrected chi connectivity index (χ4v) is 1.83. The number of methoxy groups -OCH3 is 1. The molecule has 0 fully saturated rings. The fraction of sp³-hybridized carbons (Fsp3) is 0.273. The Balaban J connectivity index is 0.00000225. The number of nitrogens with two attached hydrogens (primary N) is 1. The Bertz CT molecular complexity index is 347. The van der Waals surface area contributed by atoms with Crippen LogP contribution in [-0.4, -0.2) is 19.4 Å². The first-order valence-corrected chi connectivity index (χ1v) is 5.56. The summed E-state index contributed by atoms with van der Waals surface area (Å²) in [7, 11) is 1.62. The molecule has 0 spiro atoms. The van der Waals surface area contributed by atoms with Gasteiger partial charge in [-0.25, -0.2) is 4.39 Å². The van der Waals surface area contributed by atoms with E-state index in [4.69, 9.17) is 10.5 Å². The number of benzene rings is 1. The molecule has 0 aromatic heterocycles. The zero-order valence-electron chi connectivity index (χ0n) is 8.98. The normalized spacial score (nSPS) is 10.8. The van der Waals surface area contributed by atoms with E-state index in [1.807, 2.05) is 24.3 Å². The maximum Gasteiger partial charge on any atom is 0.119 e. The maximum atomic E-state index is 12.7. The second-order valence-electron chi connectivity index (χ2n) is 2.85. The molecule has 0 aliphatic carbocycles. The van der Waals surface area contributed by atoms with Crippen LogP contribution >= 0.6 is 24.2 Å². The summed E-state index contributed by atoms with van der Waals surface area (Å²) in [4.78, 5) is 1.05. The number of halogens is 2. The summed E-state index contributed by atoms with van der Waals surface area (Å²) in [5.41, 5.74) is 5.12. The predicted octanol–water partition coefficient (Wildman–Crippen LogP) is 3.02. The van der Waals surface area contributed by atoms with Crippen molar-refractivity contribution in [2.24, 2.45) is 5.73 Å². The highest BCUT2D eigenvalue weighted by Gasteiger charge is 1.96. The van der Waals surface area contributed by atoms with Gasteiger partial charge in [-0.2, -0.15) is 0 Å². The van der Waals surface area contributed by atoms with Crippen LogP contribution in [-0.2, 0) is 0 Å². The summed E-state index contributed by atoms with van der Waals surface area (Å²) < 4.78 is 17.8. The third-order valence-corrected chi connectivity index (χ3v) is 2.71. The summed E-state index contributed by atoms with van der Waals surface area (Å²) in [6.45, 7) is -0.0291. The van der Waals surface area contributed by atoms with Crippen molar-refractivity contribution in [2.75, 3.05) is 19.4 Å². The van der Waals surface area contributed by atoms with Crippen LogP contribution in [0.5, 0.6) is 5.75 Å². The Morgan fingerprint density at radius 1 is 1.56 bits per heavy atom. The molecule has 2 nitrogen and oxygen atoms in total. The van der Waals surface area contributed by atoms with E-state index >= 15 is 0 Å². The molecule has 0 aliphatic rings. The monoisotopic (exact) mass is 263 g/mol. The zero-order valence-corrected chi connectivity index (χ0v) is 10.6. The lowest BCUT2D eigenvalue weighted by molar-refractivity contribution is 0.413. The summed E-state index contributed by atoms with van der Waals surface area (Å²) in [6.07, 6.45) is 1.49. The molecular formula is C11H15ClFNOS. The van der Waals surface area contributed by atoms with E-state index in [2.05, 4.69) is 0 Å². The van der Waals surface area contributed by atoms with Gasteiger partial charge in [-0.3, -0.25) is 0 Å². The van der Waals surface area contributed by atoms with Crippen molar-refractivity contribution in [3.05, 3.63) is 36.2 Å². The standard InChI is InChI=1S/C11H14FNOS.ClH/c1-14-10-3-2-4-11(7-10)15-6-5-9(12)8-13;/h2-5,7H,6,8,13H2,1H3;1H. The number of ether oxygens (including phenoxy) is 1. The second kappa shape index (κ2) is 8.44. The van der Waals surface area contributed by atoms with Gasteiger partial charge in [-0.15, -0.1) is 24.2 Å². The topological polar surface area (TPSA) is 35.2 Å². The molecule has 0 saturated heterocycles. The highest BCUT2D eigenvalue weighted by molar-refractivity contribution is 7.99. The SMILES string of the molecule is COc1cccc(SCC=C(F)CN)c1.Cl. The van der Waals surface area contributed by atoms with E-state index in [9.17, 15) is 4.39 Å². The highest BCUT2D eigenvalue weighted by Crippen LogP contribution is 2.22. The first-order chi connectivity index (χ1) is 7.26. The van der Waals surface area contributed by atoms with E-state index in [1.54, 1.807) is 18.9 Å². The van der Waals surface area contributed by atoms with Crippen LogP contribution in [0.3, 0.4) is 0 Å². The number of thioether (sulfide) groups is 1. The van der Waals surface area contributed by atoms with Gasteiger partial charge >= 0.3 is 0 Å². The lowest BCUT2D eigenvalue weighted by atomic mass is 10.3. The Hall–Kier alpha value is -0.710. The molecule has 2 N–H and O–H groups in total. The van der Waals surface area contributed by atoms with Gasteiger partial charge in [0.25, 0.3) is 0 Å². The summed E-state index contributed by atoms with van der Waals surface area (Å²) in [6, 6.07) is 7.66. The van der Waals surface area contributed by atoms with Crippen LogP contribution < -0.4 is 10.5 Å². The van der Waals surface area contributed by atoms with Gasteiger partial charge in [0.05, 0.1) is 7.11 Å². The average molecular weight is 264 g/mol. The lowest BCUT2D eigenvalue weighted by Crippen LogP contribution is -1.98. The van der Waals surface area contributed by atoms with Crippen LogP contribution in [0.2, 0.25) is 0 Å². The van der Waals surface area contributed by atoms with Crippen molar-refractivity contribution in [3.8, 4) is 5.75 Å². The summed E-state index contributed by atoms with van der Waals surface area (Å²) in [5.74, 6) is 1.12. The number of hydrogen-bond donors (Lipinski definition) is 1. The minimum absolute atomic E-state index is 0. The molecule has 0 saturated carbocycles. The molecule has 0 aliphatic heterocycles. The van der Waals surface area contributed by atoms with Gasteiger partial charge in [0.15, 0.2) is 0 Å². The van der Waals surface area contributed by atoms with Crippen molar-refractivity contribution in [2.45, 2.75) is 4.90 Å². The average Bonchev–Trinajstić information content (AvgIpc) is 2.29. The van der Waals surface area contributed by atoms with Crippen LogP contribution in [0, 0.1) is 0 Å². The van der Waals surface area contributed by atoms with E-state index in [0.717, 1.165) is 10.6 Å². The van der Waals surface area contributed by atoms with Crippen molar-refractivity contribution in [1.82, 2.24) is 0 Å². The zero-order chi connectivity index (χ0) is 11.1. The van der Waals surface area contributed by atoms with Gasteiger partial charge in [-0.05, 0) is 24.3 Å². The predicted molar refractivity (Wildman–Crippen MR) is 69.2 cm³/mol. The molecular weight excluding hydrogens is 249 g/mol. The van der Waals surface area contributed by atoms with Gasteiger partial charge in [0.2, 0.25) is 0 Å². The first kappa shape index (κ1) is 15.3. The smallest absolute Gasteiger partial charge is 0.119 e. The van der Waals surface area contributed by atoms with Crippen LogP contribution in [0.4, 0.5) is 4.39 Å². The Morgan fingerprint density at radius 2 is 2.31 bits per heavy atom. The van der Waals surface area contributed by atoms with Gasteiger partial charge in [0, 0.05) is 17.2 Å². The minimum atomic E-state index is -0.273. The Morgan fingerprint density at radius 3 is 2.94 bits per heavy atom. The molecule has 1 rings (SSSR count). The van der Waals surface area contributed by atoms with Crippen molar-refractivity contribution < 1.29 is 9.13 Å². The molecule has 1 aromatic carbocycles. The van der Waals surface area contributed by atoms with E-state index in [1.165, 1.54) is 6.08 Å². The summed E-state index contributed by atoms with van der Waals surface area (Å²) in [5, 5.41) is 0. The van der Waals surface area contributed by atoms with Gasteiger partial charge < -0.3 is 10.5 Å². The highest BCUT2D eigenvalue weighted by atomic mass is 35.5. The molecule has 5 heteroatoms. The van der Waals surface area contributed by atoms with E-state index < -0.39 is 0 Å². The maximum absolute atomic E-state index is 12.7. The number of rotatable bonds is 5. The van der Waals surface area contributed by atoms with E-state index in [-0.39, 0.29) is 24.8 Å². The minimum Gasteiger partial charge on any atom is -0.497 e. The van der Waals surface area contributed by atoms with Crippen LogP contribution in [0.15, 0.2) is 41.1 Å². The molecule has 0 bridgehead atoms. The largest absolute Gasteiger partial charge is 0.497 e. The quantitative estimate of drug-likeness (QED) is 0.830. The van der Waals surface area contributed by atoms with Crippen LogP contribution in [0.25, 0.3) is 0 Å². The molecule has 0 radical (unpaired) electrons. The molecule has 0 atom stereocenters. The molecule has 0 amide bonds. The van der Waals surface area contributed by atoms with E-state index in [0.29, 0.717) is 5.75 Å². The molecule has 90 valence electrons. The second-order valence-corrected chi connectivity index (χ2v) is 3.94. The van der Waals surface area contributed by atoms with Crippen LogP contribution in [0.1, 0.15) is 0 Å². The Labute approximate surface area is 105 Å². The third-order valence-electron chi connectivity index (χ3n) is 1.79. The van der Waals surface area contributed by atoms with Crippen molar-refractivity contribution >= 4 is 24.2 Å².